The van der Waals surface area contributed by atoms with Crippen molar-refractivity contribution >= 4 is 35.4 Å². The summed E-state index contributed by atoms with van der Waals surface area (Å²) in [5, 5.41) is 9.44. The molecule has 9 nitrogen and oxygen atoms in total. The lowest BCUT2D eigenvalue weighted by molar-refractivity contribution is -0.137. The fourth-order valence-electron chi connectivity index (χ4n) is 4.85. The van der Waals surface area contributed by atoms with E-state index in [2.05, 4.69) is 25.9 Å². The number of rotatable bonds is 11. The van der Waals surface area contributed by atoms with E-state index in [-0.39, 0.29) is 24.0 Å². The van der Waals surface area contributed by atoms with E-state index in [0.717, 1.165) is 42.7 Å². The maximum absolute atomic E-state index is 14.1. The number of anilines is 4. The lowest BCUT2D eigenvalue weighted by Crippen LogP contribution is -2.34. The molecule has 1 aliphatic rings. The Morgan fingerprint density at radius 3 is 2.45 bits per heavy atom. The summed E-state index contributed by atoms with van der Waals surface area (Å²) < 4.78 is 64.5. The molecule has 13 heteroatoms. The van der Waals surface area contributed by atoms with Crippen LogP contribution in [0.2, 0.25) is 0 Å². The first-order valence-corrected chi connectivity index (χ1v) is 14.3. The van der Waals surface area contributed by atoms with Crippen molar-refractivity contribution in [3.8, 4) is 5.75 Å². The maximum Gasteiger partial charge on any atom is 0.421 e. The topological polar surface area (TPSA) is 104 Å². The van der Waals surface area contributed by atoms with Gasteiger partial charge in [-0.1, -0.05) is 12.1 Å². The summed E-state index contributed by atoms with van der Waals surface area (Å²) in [6, 6.07) is 9.75. The molecule has 228 valence electrons. The van der Waals surface area contributed by atoms with Gasteiger partial charge in [-0.25, -0.2) is 4.98 Å². The second-order valence-corrected chi connectivity index (χ2v) is 11.0. The molecule has 2 aromatic carbocycles. The second kappa shape index (κ2) is 13.8. The van der Waals surface area contributed by atoms with Crippen LogP contribution in [0.25, 0.3) is 0 Å². The van der Waals surface area contributed by atoms with Gasteiger partial charge in [0.1, 0.15) is 29.4 Å². The van der Waals surface area contributed by atoms with Gasteiger partial charge in [0.2, 0.25) is 5.95 Å². The number of hydrogen-bond donors (Lipinski definition) is 4. The van der Waals surface area contributed by atoms with E-state index in [9.17, 15) is 17.7 Å². The molecule has 0 bridgehead atoms. The third-order valence-corrected chi connectivity index (χ3v) is 7.75. The molecule has 0 unspecified atom stereocenters. The third kappa shape index (κ3) is 7.77. The number of hydrogen-bond acceptors (Lipinski definition) is 10. The smallest absolute Gasteiger partial charge is 0.421 e. The van der Waals surface area contributed by atoms with Crippen molar-refractivity contribution in [3.05, 3.63) is 63.8 Å². The van der Waals surface area contributed by atoms with Gasteiger partial charge in [0.25, 0.3) is 0 Å². The van der Waals surface area contributed by atoms with Crippen LogP contribution in [-0.2, 0) is 24.0 Å². The summed E-state index contributed by atoms with van der Waals surface area (Å²) >= 11 is 0.525. The summed E-state index contributed by atoms with van der Waals surface area (Å²) in [5.41, 5.74) is 3.71. The number of nitrogens with zero attached hydrogens (tertiary/aromatic N) is 3. The summed E-state index contributed by atoms with van der Waals surface area (Å²) in [6.45, 7) is 7.35. The number of nitrogens with one attached hydrogen (secondary N) is 3. The van der Waals surface area contributed by atoms with Crippen molar-refractivity contribution in [2.24, 2.45) is 0 Å². The van der Waals surface area contributed by atoms with Gasteiger partial charge in [0.05, 0.1) is 24.2 Å². The zero-order chi connectivity index (χ0) is 30.4. The molecule has 0 amide bonds. The summed E-state index contributed by atoms with van der Waals surface area (Å²) in [6.07, 6.45) is -2.76. The lowest BCUT2D eigenvalue weighted by atomic mass is 10.0. The van der Waals surface area contributed by atoms with Gasteiger partial charge in [0.15, 0.2) is 0 Å². The van der Waals surface area contributed by atoms with Gasteiger partial charge in [0, 0.05) is 39.4 Å². The van der Waals surface area contributed by atoms with Gasteiger partial charge in [-0.15, -0.1) is 0 Å². The number of aryl methyl sites for hydroxylation is 3. The SMILES string of the molecule is COc1cc(CNC2CCOCC2)ccc1Nc1nc(C)c(C(F)(F)F)c(NCc2cc(C)c(C)cc2N(C)SO)n1. The Kier molecular flexibility index (Phi) is 10.4. The number of alkyl halides is 3. The molecule has 4 rings (SSSR count). The molecule has 0 radical (unpaired) electrons. The van der Waals surface area contributed by atoms with Crippen molar-refractivity contribution in [1.82, 2.24) is 15.3 Å². The van der Waals surface area contributed by atoms with Crippen LogP contribution in [-0.4, -0.2) is 47.9 Å². The fraction of sp³-hybridized carbons (Fsp3) is 0.448. The third-order valence-electron chi connectivity index (χ3n) is 7.30. The minimum absolute atomic E-state index is 0.00211. The molecule has 0 saturated carbocycles. The number of benzene rings is 2. The van der Waals surface area contributed by atoms with Crippen LogP contribution >= 0.6 is 12.2 Å². The van der Waals surface area contributed by atoms with E-state index in [1.807, 2.05) is 38.1 Å². The van der Waals surface area contributed by atoms with Gasteiger partial charge in [-0.05, 0) is 74.1 Å². The molecule has 0 aliphatic carbocycles. The van der Waals surface area contributed by atoms with Crippen LogP contribution in [0.15, 0.2) is 30.3 Å². The average Bonchev–Trinajstić information content (AvgIpc) is 2.96. The van der Waals surface area contributed by atoms with E-state index >= 15 is 0 Å². The predicted molar refractivity (Wildman–Crippen MR) is 161 cm³/mol. The Morgan fingerprint density at radius 1 is 1.07 bits per heavy atom. The van der Waals surface area contributed by atoms with Crippen LogP contribution < -0.4 is 25.0 Å². The molecule has 1 aromatic heterocycles. The number of halogens is 3. The number of ether oxygens (including phenoxy) is 2. The fourth-order valence-corrected chi connectivity index (χ4v) is 5.11. The van der Waals surface area contributed by atoms with E-state index in [0.29, 0.717) is 47.5 Å². The second-order valence-electron chi connectivity index (χ2n) is 10.3. The lowest BCUT2D eigenvalue weighted by Gasteiger charge is -2.23. The highest BCUT2D eigenvalue weighted by Gasteiger charge is 2.37. The van der Waals surface area contributed by atoms with E-state index in [4.69, 9.17) is 9.47 Å². The molecule has 1 saturated heterocycles. The molecular weight excluding hydrogens is 569 g/mol. The van der Waals surface area contributed by atoms with Gasteiger partial charge in [-0.2, -0.15) is 18.2 Å². The summed E-state index contributed by atoms with van der Waals surface area (Å²) in [5.74, 6) is 0.163. The predicted octanol–water partition coefficient (Wildman–Crippen LogP) is 6.61. The average molecular weight is 607 g/mol. The zero-order valence-electron chi connectivity index (χ0n) is 24.4. The Balaban J connectivity index is 1.59. The van der Waals surface area contributed by atoms with Gasteiger partial charge in [-0.3, -0.25) is 4.31 Å². The number of aromatic nitrogens is 2. The first kappa shape index (κ1) is 31.7. The largest absolute Gasteiger partial charge is 0.495 e. The standard InChI is InChI=1S/C29H37F3N6O3S/c1-17-12-21(24(13-18(17)2)38(4)42-39)16-34-27-26(29(30,31)32)19(3)35-28(37-27)36-23-7-6-20(14-25(23)40-5)15-33-22-8-10-41-11-9-22/h6-7,12-14,22,33,39H,8-11,15-16H2,1-5H3,(H2,34,35,36,37). The van der Waals surface area contributed by atoms with Crippen molar-refractivity contribution < 1.29 is 27.2 Å². The molecule has 4 N–H and O–H groups in total. The summed E-state index contributed by atoms with van der Waals surface area (Å²) in [7, 11) is 3.21. The van der Waals surface area contributed by atoms with E-state index in [1.54, 1.807) is 17.4 Å². The van der Waals surface area contributed by atoms with E-state index in [1.165, 1.54) is 14.0 Å². The molecule has 2 heterocycles. The van der Waals surface area contributed by atoms with Crippen LogP contribution in [0, 0.1) is 20.8 Å². The molecule has 1 aliphatic heterocycles. The highest BCUT2D eigenvalue weighted by molar-refractivity contribution is 7.95. The maximum atomic E-state index is 14.1. The molecule has 0 spiro atoms. The van der Waals surface area contributed by atoms with Crippen molar-refractivity contribution in [3.63, 3.8) is 0 Å². The molecule has 1 fully saturated rings. The van der Waals surface area contributed by atoms with Crippen LogP contribution in [0.3, 0.4) is 0 Å². The van der Waals surface area contributed by atoms with Crippen molar-refractivity contribution in [2.45, 2.75) is 58.9 Å². The Bertz CT molecular complexity index is 1390. The monoisotopic (exact) mass is 606 g/mol. The Labute approximate surface area is 248 Å². The minimum atomic E-state index is -4.68. The number of methoxy groups -OCH3 is 1. The Hall–Kier alpha value is -3.26. The van der Waals surface area contributed by atoms with Crippen molar-refractivity contribution in [2.75, 3.05) is 42.3 Å². The highest BCUT2D eigenvalue weighted by atomic mass is 32.2. The van der Waals surface area contributed by atoms with Crippen LogP contribution in [0.5, 0.6) is 5.75 Å². The molecule has 3 aromatic rings. The minimum Gasteiger partial charge on any atom is -0.495 e. The van der Waals surface area contributed by atoms with Gasteiger partial charge < -0.3 is 30.0 Å². The zero-order valence-corrected chi connectivity index (χ0v) is 25.2. The highest BCUT2D eigenvalue weighted by Crippen LogP contribution is 2.38. The Morgan fingerprint density at radius 2 is 1.79 bits per heavy atom. The first-order chi connectivity index (χ1) is 20.0. The van der Waals surface area contributed by atoms with Crippen molar-refractivity contribution in [1.29, 1.82) is 0 Å². The van der Waals surface area contributed by atoms with Crippen LogP contribution in [0.4, 0.5) is 36.3 Å². The van der Waals surface area contributed by atoms with Crippen LogP contribution in [0.1, 0.15) is 46.4 Å². The molecule has 0 atom stereocenters. The van der Waals surface area contributed by atoms with Gasteiger partial charge >= 0.3 is 6.18 Å². The molecule has 42 heavy (non-hydrogen) atoms. The normalized spacial score (nSPS) is 14.1. The summed E-state index contributed by atoms with van der Waals surface area (Å²) in [4.78, 5) is 8.36. The first-order valence-electron chi connectivity index (χ1n) is 13.6. The van der Waals surface area contributed by atoms with E-state index < -0.39 is 11.7 Å². The quantitative estimate of drug-likeness (QED) is 0.141. The molecular formula is C29H37F3N6O3S.